The molecule has 0 aliphatic carbocycles. The molecule has 174 valence electrons. The van der Waals surface area contributed by atoms with E-state index in [1.165, 1.54) is 5.69 Å². The number of halogens is 1. The first-order chi connectivity index (χ1) is 16.0. The molecule has 2 saturated heterocycles. The number of pyridine rings is 1. The summed E-state index contributed by atoms with van der Waals surface area (Å²) in [5, 5.41) is 1.72. The van der Waals surface area contributed by atoms with E-state index in [0.29, 0.717) is 29.4 Å². The topological polar surface area (TPSA) is 56.8 Å². The lowest BCUT2D eigenvalue weighted by molar-refractivity contribution is 0.176. The van der Waals surface area contributed by atoms with E-state index in [0.717, 1.165) is 56.0 Å². The van der Waals surface area contributed by atoms with Gasteiger partial charge in [0.2, 0.25) is 10.0 Å². The molecule has 0 N–H and O–H groups in total. The van der Waals surface area contributed by atoms with E-state index in [4.69, 9.17) is 11.6 Å². The van der Waals surface area contributed by atoms with Gasteiger partial charge < -0.3 is 4.90 Å². The van der Waals surface area contributed by atoms with Crippen molar-refractivity contribution < 1.29 is 8.42 Å². The van der Waals surface area contributed by atoms with Crippen LogP contribution in [0.2, 0.25) is 5.02 Å². The predicted octanol–water partition coefficient (Wildman–Crippen LogP) is 4.11. The molecule has 2 fully saturated rings. The summed E-state index contributed by atoms with van der Waals surface area (Å²) < 4.78 is 28.0. The Balaban J connectivity index is 1.14. The fourth-order valence-electron chi connectivity index (χ4n) is 4.89. The lowest BCUT2D eigenvalue weighted by Gasteiger charge is -2.39. The summed E-state index contributed by atoms with van der Waals surface area (Å²) in [7, 11) is -3.49. The van der Waals surface area contributed by atoms with E-state index in [-0.39, 0.29) is 0 Å². The standard InChI is InChI=1S/C25H29ClN4O2S/c26-22-4-6-23(7-5-22)29-16-14-28(15-17-29)19-20-9-12-30(13-10-20)33(31,32)24-8-3-21-2-1-11-27-25(21)18-24/h1-8,11,18,20H,9-10,12-17,19H2. The Bertz CT molecular complexity index is 1200. The molecule has 0 spiro atoms. The van der Waals surface area contributed by atoms with Crippen molar-refractivity contribution in [3.63, 3.8) is 0 Å². The first-order valence-corrected chi connectivity index (χ1v) is 13.4. The number of benzene rings is 2. The van der Waals surface area contributed by atoms with Gasteiger partial charge in [0.1, 0.15) is 0 Å². The molecule has 0 radical (unpaired) electrons. The van der Waals surface area contributed by atoms with Crippen molar-refractivity contribution in [1.29, 1.82) is 0 Å². The van der Waals surface area contributed by atoms with Crippen molar-refractivity contribution in [2.75, 3.05) is 50.7 Å². The van der Waals surface area contributed by atoms with Gasteiger partial charge in [0.05, 0.1) is 10.4 Å². The zero-order valence-electron chi connectivity index (χ0n) is 18.6. The second-order valence-corrected chi connectivity index (χ2v) is 11.3. The van der Waals surface area contributed by atoms with E-state index in [2.05, 4.69) is 26.9 Å². The fourth-order valence-corrected chi connectivity index (χ4v) is 6.51. The van der Waals surface area contributed by atoms with Crippen molar-refractivity contribution in [1.82, 2.24) is 14.2 Å². The molecular formula is C25H29ClN4O2S. The number of fused-ring (bicyclic) bond motifs is 1. The summed E-state index contributed by atoms with van der Waals surface area (Å²) in [4.78, 5) is 9.57. The number of anilines is 1. The highest BCUT2D eigenvalue weighted by molar-refractivity contribution is 7.89. The smallest absolute Gasteiger partial charge is 0.243 e. The molecule has 8 heteroatoms. The maximum absolute atomic E-state index is 13.2. The van der Waals surface area contributed by atoms with E-state index in [1.807, 2.05) is 30.3 Å². The van der Waals surface area contributed by atoms with Crippen molar-refractivity contribution in [3.8, 4) is 0 Å². The van der Waals surface area contributed by atoms with Crippen LogP contribution in [0.1, 0.15) is 12.8 Å². The fraction of sp³-hybridized carbons (Fsp3) is 0.400. The Kier molecular flexibility index (Phi) is 6.56. The normalized spacial score (nSPS) is 19.2. The summed E-state index contributed by atoms with van der Waals surface area (Å²) >= 11 is 6.01. The highest BCUT2D eigenvalue weighted by atomic mass is 35.5. The van der Waals surface area contributed by atoms with Crippen LogP contribution < -0.4 is 4.90 Å². The minimum absolute atomic E-state index is 0.338. The average Bonchev–Trinajstić information content (AvgIpc) is 2.85. The van der Waals surface area contributed by atoms with Crippen LogP contribution in [0.15, 0.2) is 65.7 Å². The molecule has 3 heterocycles. The molecule has 2 aliphatic rings. The van der Waals surface area contributed by atoms with E-state index in [9.17, 15) is 8.42 Å². The summed E-state index contributed by atoms with van der Waals surface area (Å²) in [5.74, 6) is 0.539. The van der Waals surface area contributed by atoms with Crippen molar-refractivity contribution in [3.05, 3.63) is 65.8 Å². The first-order valence-electron chi connectivity index (χ1n) is 11.6. The number of piperidine rings is 1. The molecule has 2 aromatic carbocycles. The number of hydrogen-bond donors (Lipinski definition) is 0. The molecule has 3 aromatic rings. The van der Waals surface area contributed by atoms with Gasteiger partial charge in [-0.15, -0.1) is 0 Å². The number of sulfonamides is 1. The maximum Gasteiger partial charge on any atom is 0.243 e. The van der Waals surface area contributed by atoms with Crippen molar-refractivity contribution in [2.24, 2.45) is 5.92 Å². The minimum atomic E-state index is -3.49. The van der Waals surface area contributed by atoms with E-state index < -0.39 is 10.0 Å². The highest BCUT2D eigenvalue weighted by Crippen LogP contribution is 2.27. The van der Waals surface area contributed by atoms with Crippen LogP contribution in [0.5, 0.6) is 0 Å². The molecule has 6 nitrogen and oxygen atoms in total. The second kappa shape index (κ2) is 9.58. The summed E-state index contributed by atoms with van der Waals surface area (Å²) in [6.07, 6.45) is 3.50. The molecule has 0 unspecified atom stereocenters. The Morgan fingerprint density at radius 1 is 0.909 bits per heavy atom. The van der Waals surface area contributed by atoms with Gasteiger partial charge in [-0.05, 0) is 61.2 Å². The van der Waals surface area contributed by atoms with Crippen molar-refractivity contribution >= 4 is 38.2 Å². The quantitative estimate of drug-likeness (QED) is 0.545. The van der Waals surface area contributed by atoms with Gasteiger partial charge >= 0.3 is 0 Å². The number of piperazine rings is 1. The lowest BCUT2D eigenvalue weighted by atomic mass is 9.97. The molecule has 0 atom stereocenters. The summed E-state index contributed by atoms with van der Waals surface area (Å²) in [6.45, 7) is 6.28. The van der Waals surface area contributed by atoms with Crippen LogP contribution in [-0.2, 0) is 10.0 Å². The maximum atomic E-state index is 13.2. The number of nitrogens with zero attached hydrogens (tertiary/aromatic N) is 4. The molecule has 2 aliphatic heterocycles. The van der Waals surface area contributed by atoms with Gasteiger partial charge in [0.15, 0.2) is 0 Å². The zero-order chi connectivity index (χ0) is 22.8. The van der Waals surface area contributed by atoms with Crippen LogP contribution >= 0.6 is 11.6 Å². The van der Waals surface area contributed by atoms with E-state index >= 15 is 0 Å². The minimum Gasteiger partial charge on any atom is -0.369 e. The lowest BCUT2D eigenvalue weighted by Crippen LogP contribution is -2.49. The van der Waals surface area contributed by atoms with Crippen LogP contribution in [-0.4, -0.2) is 68.4 Å². The third-order valence-electron chi connectivity index (χ3n) is 6.87. The third-order valence-corrected chi connectivity index (χ3v) is 9.02. The Morgan fingerprint density at radius 2 is 1.64 bits per heavy atom. The molecule has 1 aromatic heterocycles. The highest BCUT2D eigenvalue weighted by Gasteiger charge is 2.31. The Morgan fingerprint density at radius 3 is 2.36 bits per heavy atom. The molecule has 0 bridgehead atoms. The number of rotatable bonds is 5. The molecule has 0 saturated carbocycles. The van der Waals surface area contributed by atoms with Gasteiger partial charge in [0.25, 0.3) is 0 Å². The van der Waals surface area contributed by atoms with Gasteiger partial charge in [-0.3, -0.25) is 9.88 Å². The van der Waals surface area contributed by atoms with Crippen LogP contribution in [0, 0.1) is 5.92 Å². The van der Waals surface area contributed by atoms with Gasteiger partial charge in [0, 0.05) is 68.1 Å². The second-order valence-electron chi connectivity index (χ2n) is 8.97. The first kappa shape index (κ1) is 22.6. The van der Waals surface area contributed by atoms with Gasteiger partial charge in [-0.25, -0.2) is 8.42 Å². The summed E-state index contributed by atoms with van der Waals surface area (Å²) in [5.41, 5.74) is 1.94. The number of hydrogen-bond acceptors (Lipinski definition) is 5. The van der Waals surface area contributed by atoms with Gasteiger partial charge in [-0.1, -0.05) is 23.7 Å². The molecule has 0 amide bonds. The van der Waals surface area contributed by atoms with Crippen LogP contribution in [0.4, 0.5) is 5.69 Å². The predicted molar refractivity (Wildman–Crippen MR) is 133 cm³/mol. The van der Waals surface area contributed by atoms with Gasteiger partial charge in [-0.2, -0.15) is 4.31 Å². The third kappa shape index (κ3) is 5.01. The molecular weight excluding hydrogens is 456 g/mol. The largest absolute Gasteiger partial charge is 0.369 e. The monoisotopic (exact) mass is 484 g/mol. The Hall–Kier alpha value is -2.19. The zero-order valence-corrected chi connectivity index (χ0v) is 20.2. The SMILES string of the molecule is O=S(=O)(c1ccc2cccnc2c1)N1CCC(CN2CCN(c3ccc(Cl)cc3)CC2)CC1. The number of aromatic nitrogens is 1. The molecule has 5 rings (SSSR count). The Labute approximate surface area is 200 Å². The molecule has 33 heavy (non-hydrogen) atoms. The van der Waals surface area contributed by atoms with E-state index in [1.54, 1.807) is 22.6 Å². The summed E-state index contributed by atoms with van der Waals surface area (Å²) in [6, 6.07) is 17.1. The van der Waals surface area contributed by atoms with Crippen LogP contribution in [0.3, 0.4) is 0 Å². The average molecular weight is 485 g/mol. The van der Waals surface area contributed by atoms with Crippen molar-refractivity contribution in [2.45, 2.75) is 17.7 Å². The van der Waals surface area contributed by atoms with Crippen LogP contribution in [0.25, 0.3) is 10.9 Å².